The van der Waals surface area contributed by atoms with Gasteiger partial charge in [0.05, 0.1) is 0 Å². The average Bonchev–Trinajstić information content (AvgIpc) is 2.30. The van der Waals surface area contributed by atoms with Crippen LogP contribution < -0.4 is 10.0 Å². The summed E-state index contributed by atoms with van der Waals surface area (Å²) < 4.78 is 28.1. The molecule has 0 aromatic heterocycles. The van der Waals surface area contributed by atoms with Gasteiger partial charge in [-0.3, -0.25) is 0 Å². The van der Waals surface area contributed by atoms with E-state index in [-0.39, 0.29) is 0 Å². The van der Waals surface area contributed by atoms with Crippen LogP contribution >= 0.6 is 0 Å². The SMILES string of the molecule is CCCCNS(=O)(=O)N1CCC(CNC)CC1. The quantitative estimate of drug-likeness (QED) is 0.660. The first-order valence-corrected chi connectivity index (χ1v) is 7.93. The second-order valence-electron chi connectivity index (χ2n) is 4.65. The van der Waals surface area contributed by atoms with Gasteiger partial charge in [0.1, 0.15) is 0 Å². The van der Waals surface area contributed by atoms with Crippen molar-refractivity contribution in [3.05, 3.63) is 0 Å². The molecule has 102 valence electrons. The summed E-state index contributed by atoms with van der Waals surface area (Å²) in [6, 6.07) is 0. The Hall–Kier alpha value is -0.170. The monoisotopic (exact) mass is 263 g/mol. The second kappa shape index (κ2) is 7.31. The minimum absolute atomic E-state index is 0.551. The van der Waals surface area contributed by atoms with Crippen LogP contribution in [-0.4, -0.2) is 45.9 Å². The standard InChI is InChI=1S/C11H25N3O2S/c1-3-4-7-13-17(15,16)14-8-5-11(6-9-14)10-12-2/h11-13H,3-10H2,1-2H3. The molecule has 1 fully saturated rings. The maximum atomic E-state index is 11.9. The van der Waals surface area contributed by atoms with Crippen LogP contribution in [0, 0.1) is 5.92 Å². The van der Waals surface area contributed by atoms with Crippen LogP contribution in [-0.2, 0) is 10.2 Å². The molecule has 17 heavy (non-hydrogen) atoms. The molecule has 2 N–H and O–H groups in total. The number of nitrogens with one attached hydrogen (secondary N) is 2. The second-order valence-corrected chi connectivity index (χ2v) is 6.41. The Morgan fingerprint density at radius 1 is 1.29 bits per heavy atom. The fourth-order valence-electron chi connectivity index (χ4n) is 2.11. The Kier molecular flexibility index (Phi) is 6.40. The fraction of sp³-hybridized carbons (Fsp3) is 1.00. The van der Waals surface area contributed by atoms with Gasteiger partial charge in [-0.1, -0.05) is 13.3 Å². The van der Waals surface area contributed by atoms with Gasteiger partial charge in [0, 0.05) is 19.6 Å². The maximum Gasteiger partial charge on any atom is 0.279 e. The molecule has 0 unspecified atom stereocenters. The first-order valence-electron chi connectivity index (χ1n) is 6.49. The van der Waals surface area contributed by atoms with Gasteiger partial charge in [-0.25, -0.2) is 4.72 Å². The van der Waals surface area contributed by atoms with E-state index in [2.05, 4.69) is 17.0 Å². The molecule has 0 radical (unpaired) electrons. The summed E-state index contributed by atoms with van der Waals surface area (Å²) in [7, 11) is -1.29. The Morgan fingerprint density at radius 2 is 1.94 bits per heavy atom. The summed E-state index contributed by atoms with van der Waals surface area (Å²) in [5.41, 5.74) is 0. The molecule has 1 aliphatic heterocycles. The van der Waals surface area contributed by atoms with Crippen molar-refractivity contribution in [2.75, 3.05) is 33.2 Å². The largest absolute Gasteiger partial charge is 0.319 e. The normalized spacial score (nSPS) is 19.6. The van der Waals surface area contributed by atoms with Crippen LogP contribution in [0.2, 0.25) is 0 Å². The highest BCUT2D eigenvalue weighted by molar-refractivity contribution is 7.87. The number of rotatable bonds is 7. The lowest BCUT2D eigenvalue weighted by atomic mass is 9.98. The fourth-order valence-corrected chi connectivity index (χ4v) is 3.39. The van der Waals surface area contributed by atoms with E-state index in [1.54, 1.807) is 4.31 Å². The van der Waals surface area contributed by atoms with Gasteiger partial charge < -0.3 is 5.32 Å². The van der Waals surface area contributed by atoms with Crippen LogP contribution in [0.5, 0.6) is 0 Å². The lowest BCUT2D eigenvalue weighted by Gasteiger charge is -2.31. The average molecular weight is 263 g/mol. The van der Waals surface area contributed by atoms with Crippen molar-refractivity contribution in [3.63, 3.8) is 0 Å². The summed E-state index contributed by atoms with van der Waals surface area (Å²) >= 11 is 0. The molecule has 6 heteroatoms. The summed E-state index contributed by atoms with van der Waals surface area (Å²) in [4.78, 5) is 0. The Labute approximate surface area is 105 Å². The van der Waals surface area contributed by atoms with Crippen molar-refractivity contribution >= 4 is 10.2 Å². The molecule has 0 aromatic rings. The highest BCUT2D eigenvalue weighted by atomic mass is 32.2. The van der Waals surface area contributed by atoms with E-state index in [1.165, 1.54) is 0 Å². The Morgan fingerprint density at radius 3 is 2.47 bits per heavy atom. The van der Waals surface area contributed by atoms with Gasteiger partial charge >= 0.3 is 0 Å². The Bertz CT molecular complexity index is 298. The van der Waals surface area contributed by atoms with Gasteiger partial charge in [-0.05, 0) is 38.8 Å². The lowest BCUT2D eigenvalue weighted by molar-refractivity contribution is 0.268. The molecule has 5 nitrogen and oxygen atoms in total. The van der Waals surface area contributed by atoms with Crippen LogP contribution in [0.4, 0.5) is 0 Å². The predicted molar refractivity (Wildman–Crippen MR) is 70.1 cm³/mol. The molecular weight excluding hydrogens is 238 g/mol. The molecule has 0 amide bonds. The van der Waals surface area contributed by atoms with Crippen molar-refractivity contribution in [3.8, 4) is 0 Å². The third kappa shape index (κ3) is 4.91. The highest BCUT2D eigenvalue weighted by Crippen LogP contribution is 2.18. The van der Waals surface area contributed by atoms with E-state index in [0.717, 1.165) is 32.2 Å². The topological polar surface area (TPSA) is 61.4 Å². The number of piperidine rings is 1. The van der Waals surface area contributed by atoms with Crippen molar-refractivity contribution in [1.29, 1.82) is 0 Å². The van der Waals surface area contributed by atoms with Crippen LogP contribution in [0.3, 0.4) is 0 Å². The van der Waals surface area contributed by atoms with E-state index in [0.29, 0.717) is 25.6 Å². The highest BCUT2D eigenvalue weighted by Gasteiger charge is 2.26. The Balaban J connectivity index is 2.36. The van der Waals surface area contributed by atoms with Gasteiger partial charge in [0.15, 0.2) is 0 Å². The van der Waals surface area contributed by atoms with Gasteiger partial charge in [-0.15, -0.1) is 0 Å². The minimum atomic E-state index is -3.23. The number of hydrogen-bond donors (Lipinski definition) is 2. The van der Waals surface area contributed by atoms with Crippen LogP contribution in [0.25, 0.3) is 0 Å². The predicted octanol–water partition coefficient (Wildman–Crippen LogP) is 0.552. The zero-order valence-corrected chi connectivity index (χ0v) is 11.7. The molecule has 1 saturated heterocycles. The summed E-state index contributed by atoms with van der Waals surface area (Å²) in [6.07, 6.45) is 3.81. The lowest BCUT2D eigenvalue weighted by Crippen LogP contribution is -2.46. The first kappa shape index (κ1) is 14.9. The molecule has 0 saturated carbocycles. The van der Waals surface area contributed by atoms with Gasteiger partial charge in [-0.2, -0.15) is 12.7 Å². The summed E-state index contributed by atoms with van der Waals surface area (Å²) in [5.74, 6) is 0.613. The van der Waals surface area contributed by atoms with Crippen molar-refractivity contribution < 1.29 is 8.42 Å². The van der Waals surface area contributed by atoms with E-state index >= 15 is 0 Å². The number of nitrogens with zero attached hydrogens (tertiary/aromatic N) is 1. The van der Waals surface area contributed by atoms with Crippen LogP contribution in [0.1, 0.15) is 32.6 Å². The third-order valence-corrected chi connectivity index (χ3v) is 4.83. The number of hydrogen-bond acceptors (Lipinski definition) is 3. The molecular formula is C11H25N3O2S. The van der Waals surface area contributed by atoms with Crippen LogP contribution in [0.15, 0.2) is 0 Å². The van der Waals surface area contributed by atoms with E-state index in [4.69, 9.17) is 0 Å². The van der Waals surface area contributed by atoms with Crippen molar-refractivity contribution in [2.45, 2.75) is 32.6 Å². The zero-order valence-electron chi connectivity index (χ0n) is 10.9. The minimum Gasteiger partial charge on any atom is -0.319 e. The molecule has 0 aliphatic carbocycles. The molecule has 0 aromatic carbocycles. The van der Waals surface area contributed by atoms with E-state index in [1.807, 2.05) is 7.05 Å². The van der Waals surface area contributed by atoms with E-state index < -0.39 is 10.2 Å². The molecule has 1 heterocycles. The van der Waals surface area contributed by atoms with Crippen molar-refractivity contribution in [2.24, 2.45) is 5.92 Å². The smallest absolute Gasteiger partial charge is 0.279 e. The zero-order chi connectivity index (χ0) is 12.7. The molecule has 0 bridgehead atoms. The summed E-state index contributed by atoms with van der Waals surface area (Å²) in [6.45, 7) is 4.88. The van der Waals surface area contributed by atoms with Gasteiger partial charge in [0.2, 0.25) is 0 Å². The third-order valence-electron chi connectivity index (χ3n) is 3.22. The molecule has 1 aliphatic rings. The molecule has 0 atom stereocenters. The van der Waals surface area contributed by atoms with Gasteiger partial charge in [0.25, 0.3) is 10.2 Å². The summed E-state index contributed by atoms with van der Waals surface area (Å²) in [5, 5.41) is 3.15. The molecule has 0 spiro atoms. The maximum absolute atomic E-state index is 11.9. The van der Waals surface area contributed by atoms with Crippen molar-refractivity contribution in [1.82, 2.24) is 14.3 Å². The first-order chi connectivity index (χ1) is 8.10. The molecule has 1 rings (SSSR count). The van der Waals surface area contributed by atoms with E-state index in [9.17, 15) is 8.42 Å². The number of unbranched alkanes of at least 4 members (excludes halogenated alkanes) is 1.